The highest BCUT2D eigenvalue weighted by molar-refractivity contribution is 5.50. The Morgan fingerprint density at radius 3 is 2.67 bits per heavy atom. The molecule has 1 N–H and O–H groups in total. The molecule has 0 aromatic heterocycles. The lowest BCUT2D eigenvalue weighted by Crippen LogP contribution is -2.01. The first-order valence-corrected chi connectivity index (χ1v) is 5.66. The van der Waals surface area contributed by atoms with Crippen molar-refractivity contribution in [2.24, 2.45) is 0 Å². The van der Waals surface area contributed by atoms with Crippen LogP contribution in [0.1, 0.15) is 31.7 Å². The Morgan fingerprint density at radius 1 is 1.27 bits per heavy atom. The van der Waals surface area contributed by atoms with Gasteiger partial charge in [-0.1, -0.05) is 19.8 Å². The van der Waals surface area contributed by atoms with Gasteiger partial charge in [0.05, 0.1) is 7.11 Å². The minimum atomic E-state index is 0.953. The van der Waals surface area contributed by atoms with Crippen LogP contribution in [0, 0.1) is 6.92 Å². The number of benzene rings is 1. The number of nitrogens with one attached hydrogen (secondary N) is 1. The van der Waals surface area contributed by atoms with Gasteiger partial charge in [-0.05, 0) is 37.1 Å². The van der Waals surface area contributed by atoms with E-state index in [1.54, 1.807) is 7.11 Å². The average Bonchev–Trinajstić information content (AvgIpc) is 2.25. The molecule has 0 fully saturated rings. The van der Waals surface area contributed by atoms with Crippen LogP contribution in [0.15, 0.2) is 18.2 Å². The summed E-state index contributed by atoms with van der Waals surface area (Å²) in [5.41, 5.74) is 2.36. The molecule has 0 atom stereocenters. The van der Waals surface area contributed by atoms with Crippen molar-refractivity contribution in [2.75, 3.05) is 19.0 Å². The highest BCUT2D eigenvalue weighted by Gasteiger charge is 1.98. The molecular formula is C13H21NO. The third kappa shape index (κ3) is 3.82. The molecule has 0 bridgehead atoms. The van der Waals surface area contributed by atoms with E-state index in [2.05, 4.69) is 31.3 Å². The Labute approximate surface area is 92.6 Å². The minimum Gasteiger partial charge on any atom is -0.496 e. The monoisotopic (exact) mass is 207 g/mol. The molecule has 0 spiro atoms. The summed E-state index contributed by atoms with van der Waals surface area (Å²) in [6.45, 7) is 5.34. The second kappa shape index (κ2) is 6.33. The van der Waals surface area contributed by atoms with Crippen molar-refractivity contribution in [3.8, 4) is 5.75 Å². The Kier molecular flexibility index (Phi) is 5.02. The van der Waals surface area contributed by atoms with Crippen LogP contribution in [0.5, 0.6) is 5.75 Å². The summed E-state index contributed by atoms with van der Waals surface area (Å²) in [5, 5.41) is 3.42. The number of unbranched alkanes of at least 4 members (excludes halogenated alkanes) is 2. The molecule has 84 valence electrons. The molecule has 2 nitrogen and oxygen atoms in total. The van der Waals surface area contributed by atoms with E-state index in [-0.39, 0.29) is 0 Å². The maximum absolute atomic E-state index is 5.22. The molecule has 1 aromatic rings. The van der Waals surface area contributed by atoms with Crippen molar-refractivity contribution in [1.82, 2.24) is 0 Å². The summed E-state index contributed by atoms with van der Waals surface area (Å²) in [6, 6.07) is 6.21. The van der Waals surface area contributed by atoms with Crippen LogP contribution in [-0.2, 0) is 0 Å². The van der Waals surface area contributed by atoms with Gasteiger partial charge in [-0.15, -0.1) is 0 Å². The Bertz CT molecular complexity index is 297. The van der Waals surface area contributed by atoms with Gasteiger partial charge in [-0.25, -0.2) is 0 Å². The molecule has 0 aliphatic heterocycles. The zero-order valence-corrected chi connectivity index (χ0v) is 9.97. The van der Waals surface area contributed by atoms with Crippen LogP contribution in [0.2, 0.25) is 0 Å². The lowest BCUT2D eigenvalue weighted by Gasteiger charge is -2.09. The predicted molar refractivity (Wildman–Crippen MR) is 65.7 cm³/mol. The minimum absolute atomic E-state index is 0.953. The third-order valence-electron chi connectivity index (χ3n) is 2.50. The molecular weight excluding hydrogens is 186 g/mol. The second-order valence-corrected chi connectivity index (χ2v) is 3.82. The summed E-state index contributed by atoms with van der Waals surface area (Å²) >= 11 is 0. The van der Waals surface area contributed by atoms with E-state index in [9.17, 15) is 0 Å². The SMILES string of the molecule is CCCCCNc1ccc(OC)c(C)c1. The van der Waals surface area contributed by atoms with Crippen molar-refractivity contribution in [1.29, 1.82) is 0 Å². The van der Waals surface area contributed by atoms with Gasteiger partial charge in [0.25, 0.3) is 0 Å². The first kappa shape index (κ1) is 11.9. The number of ether oxygens (including phenoxy) is 1. The summed E-state index contributed by atoms with van der Waals surface area (Å²) < 4.78 is 5.22. The van der Waals surface area contributed by atoms with Gasteiger partial charge >= 0.3 is 0 Å². The second-order valence-electron chi connectivity index (χ2n) is 3.82. The third-order valence-corrected chi connectivity index (χ3v) is 2.50. The summed E-state index contributed by atoms with van der Waals surface area (Å²) in [6.07, 6.45) is 3.80. The molecule has 0 aliphatic rings. The van der Waals surface area contributed by atoms with Gasteiger partial charge in [0, 0.05) is 12.2 Å². The molecule has 0 saturated heterocycles. The summed E-state index contributed by atoms with van der Waals surface area (Å²) in [7, 11) is 1.71. The fourth-order valence-electron chi connectivity index (χ4n) is 1.60. The van der Waals surface area contributed by atoms with E-state index in [0.717, 1.165) is 12.3 Å². The lowest BCUT2D eigenvalue weighted by molar-refractivity contribution is 0.412. The van der Waals surface area contributed by atoms with E-state index in [4.69, 9.17) is 4.74 Å². The Balaban J connectivity index is 2.45. The van der Waals surface area contributed by atoms with Crippen molar-refractivity contribution >= 4 is 5.69 Å². The molecule has 0 saturated carbocycles. The van der Waals surface area contributed by atoms with Gasteiger partial charge in [0.1, 0.15) is 5.75 Å². The van der Waals surface area contributed by atoms with E-state index >= 15 is 0 Å². The number of hydrogen-bond acceptors (Lipinski definition) is 2. The van der Waals surface area contributed by atoms with Gasteiger partial charge in [0.15, 0.2) is 0 Å². The standard InChI is InChI=1S/C13H21NO/c1-4-5-6-9-14-12-7-8-13(15-3)11(2)10-12/h7-8,10,14H,4-6,9H2,1-3H3. The normalized spacial score (nSPS) is 10.1. The lowest BCUT2D eigenvalue weighted by atomic mass is 10.2. The Hall–Kier alpha value is -1.18. The van der Waals surface area contributed by atoms with E-state index in [1.807, 2.05) is 6.07 Å². The van der Waals surface area contributed by atoms with Crippen molar-refractivity contribution in [3.63, 3.8) is 0 Å². The van der Waals surface area contributed by atoms with Crippen LogP contribution >= 0.6 is 0 Å². The van der Waals surface area contributed by atoms with E-state index in [1.165, 1.54) is 30.5 Å². The van der Waals surface area contributed by atoms with Gasteiger partial charge in [-0.2, -0.15) is 0 Å². The largest absolute Gasteiger partial charge is 0.496 e. The smallest absolute Gasteiger partial charge is 0.121 e. The maximum Gasteiger partial charge on any atom is 0.121 e. The summed E-state index contributed by atoms with van der Waals surface area (Å²) in [4.78, 5) is 0. The zero-order valence-electron chi connectivity index (χ0n) is 9.97. The van der Waals surface area contributed by atoms with Crippen molar-refractivity contribution < 1.29 is 4.74 Å². The van der Waals surface area contributed by atoms with Gasteiger partial charge < -0.3 is 10.1 Å². The summed E-state index contributed by atoms with van der Waals surface area (Å²) in [5.74, 6) is 0.953. The number of methoxy groups -OCH3 is 1. The molecule has 0 amide bonds. The predicted octanol–water partition coefficient (Wildman–Crippen LogP) is 3.61. The van der Waals surface area contributed by atoms with Crippen molar-refractivity contribution in [3.05, 3.63) is 23.8 Å². The fraction of sp³-hybridized carbons (Fsp3) is 0.538. The highest BCUT2D eigenvalue weighted by Crippen LogP contribution is 2.21. The molecule has 1 rings (SSSR count). The van der Waals surface area contributed by atoms with Crippen LogP contribution in [-0.4, -0.2) is 13.7 Å². The molecule has 0 unspecified atom stereocenters. The molecule has 0 heterocycles. The topological polar surface area (TPSA) is 21.3 Å². The zero-order chi connectivity index (χ0) is 11.1. The fourth-order valence-corrected chi connectivity index (χ4v) is 1.60. The van der Waals surface area contributed by atoms with E-state index in [0.29, 0.717) is 0 Å². The van der Waals surface area contributed by atoms with Gasteiger partial charge in [0.2, 0.25) is 0 Å². The first-order chi connectivity index (χ1) is 7.27. The molecule has 1 aromatic carbocycles. The number of hydrogen-bond donors (Lipinski definition) is 1. The van der Waals surface area contributed by atoms with E-state index < -0.39 is 0 Å². The first-order valence-electron chi connectivity index (χ1n) is 5.66. The van der Waals surface area contributed by atoms with Crippen LogP contribution in [0.3, 0.4) is 0 Å². The number of aryl methyl sites for hydroxylation is 1. The highest BCUT2D eigenvalue weighted by atomic mass is 16.5. The van der Waals surface area contributed by atoms with Gasteiger partial charge in [-0.3, -0.25) is 0 Å². The maximum atomic E-state index is 5.22. The quantitative estimate of drug-likeness (QED) is 0.719. The number of anilines is 1. The average molecular weight is 207 g/mol. The Morgan fingerprint density at radius 2 is 2.07 bits per heavy atom. The molecule has 0 aliphatic carbocycles. The molecule has 2 heteroatoms. The van der Waals surface area contributed by atoms with Crippen molar-refractivity contribution in [2.45, 2.75) is 33.1 Å². The molecule has 0 radical (unpaired) electrons. The van der Waals surface area contributed by atoms with Crippen LogP contribution in [0.25, 0.3) is 0 Å². The van der Waals surface area contributed by atoms with Crippen LogP contribution < -0.4 is 10.1 Å². The molecule has 15 heavy (non-hydrogen) atoms. The number of rotatable bonds is 6. The van der Waals surface area contributed by atoms with Crippen LogP contribution in [0.4, 0.5) is 5.69 Å².